The number of rotatable bonds is 6. The molecule has 0 radical (unpaired) electrons. The van der Waals surface area contributed by atoms with E-state index in [0.717, 1.165) is 34.1 Å². The molecule has 0 atom stereocenters. The fourth-order valence-electron chi connectivity index (χ4n) is 2.76. The average molecular weight is 332 g/mol. The Kier molecular flexibility index (Phi) is 5.14. The van der Waals surface area contributed by atoms with Gasteiger partial charge in [-0.25, -0.2) is 4.79 Å². The van der Waals surface area contributed by atoms with Gasteiger partial charge in [-0.3, -0.25) is 0 Å². The Morgan fingerprint density at radius 1 is 1.00 bits per heavy atom. The predicted molar refractivity (Wildman–Crippen MR) is 102 cm³/mol. The third kappa shape index (κ3) is 3.89. The van der Waals surface area contributed by atoms with Crippen LogP contribution in [0.3, 0.4) is 0 Å². The highest BCUT2D eigenvalue weighted by Gasteiger charge is 2.13. The van der Waals surface area contributed by atoms with Crippen LogP contribution in [0.2, 0.25) is 0 Å². The number of benzene rings is 3. The van der Waals surface area contributed by atoms with Crippen LogP contribution in [0.5, 0.6) is 5.75 Å². The number of carbonyl (C=O) groups is 1. The van der Waals surface area contributed by atoms with Gasteiger partial charge in [0.1, 0.15) is 5.75 Å². The highest BCUT2D eigenvalue weighted by Crippen LogP contribution is 2.27. The van der Waals surface area contributed by atoms with Crippen molar-refractivity contribution < 1.29 is 14.6 Å². The number of carboxylic acids is 1. The Bertz CT molecular complexity index is 903. The zero-order valence-corrected chi connectivity index (χ0v) is 14.1. The van der Waals surface area contributed by atoms with Gasteiger partial charge in [0.15, 0.2) is 0 Å². The molecule has 0 saturated carbocycles. The van der Waals surface area contributed by atoms with Gasteiger partial charge in [-0.15, -0.1) is 0 Å². The predicted octanol–water partition coefficient (Wildman–Crippen LogP) is 5.25. The largest absolute Gasteiger partial charge is 0.494 e. The van der Waals surface area contributed by atoms with Crippen LogP contribution in [0, 0.1) is 0 Å². The molecule has 0 fully saturated rings. The summed E-state index contributed by atoms with van der Waals surface area (Å²) in [6.45, 7) is 2.73. The highest BCUT2D eigenvalue weighted by molar-refractivity contribution is 6.23. The molecule has 0 bridgehead atoms. The molecule has 0 heterocycles. The van der Waals surface area contributed by atoms with E-state index in [1.807, 2.05) is 66.7 Å². The molecular formula is C22H20O3. The summed E-state index contributed by atoms with van der Waals surface area (Å²) < 4.78 is 5.57. The molecule has 3 aromatic carbocycles. The first-order valence-corrected chi connectivity index (χ1v) is 8.35. The van der Waals surface area contributed by atoms with Gasteiger partial charge in [-0.05, 0) is 46.5 Å². The van der Waals surface area contributed by atoms with Gasteiger partial charge < -0.3 is 9.84 Å². The number of hydrogen-bond donors (Lipinski definition) is 1. The minimum Gasteiger partial charge on any atom is -0.494 e. The topological polar surface area (TPSA) is 46.5 Å². The van der Waals surface area contributed by atoms with Crippen LogP contribution in [-0.4, -0.2) is 17.7 Å². The minimum atomic E-state index is -0.942. The summed E-state index contributed by atoms with van der Waals surface area (Å²) in [5.41, 5.74) is 1.82. The van der Waals surface area contributed by atoms with E-state index in [9.17, 15) is 9.90 Å². The maximum atomic E-state index is 11.9. The van der Waals surface area contributed by atoms with Crippen molar-refractivity contribution in [3.05, 3.63) is 77.9 Å². The van der Waals surface area contributed by atoms with Crippen LogP contribution in [0.1, 0.15) is 24.5 Å². The van der Waals surface area contributed by atoms with Gasteiger partial charge in [-0.2, -0.15) is 0 Å². The molecule has 0 aliphatic carbocycles. The lowest BCUT2D eigenvalue weighted by atomic mass is 9.96. The van der Waals surface area contributed by atoms with Crippen LogP contribution in [-0.2, 0) is 4.79 Å². The lowest BCUT2D eigenvalue weighted by molar-refractivity contribution is -0.130. The molecule has 0 aliphatic heterocycles. The summed E-state index contributed by atoms with van der Waals surface area (Å²) in [4.78, 5) is 11.9. The normalized spacial score (nSPS) is 11.5. The number of carboxylic acid groups (broad SMARTS) is 1. The molecule has 1 N–H and O–H groups in total. The Balaban J connectivity index is 2.01. The molecule has 0 saturated heterocycles. The summed E-state index contributed by atoms with van der Waals surface area (Å²) in [5, 5.41) is 11.7. The molecule has 0 amide bonds. The average Bonchev–Trinajstić information content (AvgIpc) is 2.65. The maximum Gasteiger partial charge on any atom is 0.336 e. The van der Waals surface area contributed by atoms with Crippen LogP contribution in [0.4, 0.5) is 0 Å². The third-order valence-corrected chi connectivity index (χ3v) is 3.97. The van der Waals surface area contributed by atoms with Crippen molar-refractivity contribution in [1.82, 2.24) is 0 Å². The van der Waals surface area contributed by atoms with E-state index in [-0.39, 0.29) is 5.57 Å². The zero-order chi connectivity index (χ0) is 17.6. The molecule has 3 aromatic rings. The van der Waals surface area contributed by atoms with Crippen molar-refractivity contribution in [3.63, 3.8) is 0 Å². The molecule has 3 nitrogen and oxygen atoms in total. The molecule has 0 spiro atoms. The van der Waals surface area contributed by atoms with Gasteiger partial charge in [0.05, 0.1) is 12.2 Å². The monoisotopic (exact) mass is 332 g/mol. The number of aliphatic carboxylic acids is 1. The van der Waals surface area contributed by atoms with E-state index in [2.05, 4.69) is 6.92 Å². The lowest BCUT2D eigenvalue weighted by Crippen LogP contribution is -2.00. The van der Waals surface area contributed by atoms with E-state index < -0.39 is 5.97 Å². The first-order chi connectivity index (χ1) is 12.2. The second kappa shape index (κ2) is 7.67. The summed E-state index contributed by atoms with van der Waals surface area (Å²) in [7, 11) is 0. The fraction of sp³-hybridized carbons (Fsp3) is 0.136. The summed E-state index contributed by atoms with van der Waals surface area (Å²) in [6.07, 6.45) is 2.65. The van der Waals surface area contributed by atoms with Crippen LogP contribution >= 0.6 is 0 Å². The quantitative estimate of drug-likeness (QED) is 0.495. The fourth-order valence-corrected chi connectivity index (χ4v) is 2.76. The van der Waals surface area contributed by atoms with Crippen molar-refractivity contribution in [1.29, 1.82) is 0 Å². The standard InChI is InChI=1S/C22H20O3/c1-2-14-25-18-12-10-16(11-13-18)15-21(22(23)24)20-9-5-7-17-6-3-4-8-19(17)20/h3-13,15H,2,14H2,1H3,(H,23,24)/b21-15-. The lowest BCUT2D eigenvalue weighted by Gasteiger charge is -2.08. The maximum absolute atomic E-state index is 11.9. The van der Waals surface area contributed by atoms with E-state index in [4.69, 9.17) is 4.74 Å². The van der Waals surface area contributed by atoms with Crippen molar-refractivity contribution in [2.75, 3.05) is 6.61 Å². The minimum absolute atomic E-state index is 0.277. The van der Waals surface area contributed by atoms with Crippen LogP contribution in [0.25, 0.3) is 22.4 Å². The first kappa shape index (κ1) is 16.8. The molecule has 25 heavy (non-hydrogen) atoms. The number of fused-ring (bicyclic) bond motifs is 1. The van der Waals surface area contributed by atoms with Gasteiger partial charge in [0.2, 0.25) is 0 Å². The van der Waals surface area contributed by atoms with E-state index >= 15 is 0 Å². The van der Waals surface area contributed by atoms with Gasteiger partial charge in [-0.1, -0.05) is 61.5 Å². The Morgan fingerprint density at radius 2 is 1.72 bits per heavy atom. The Hall–Kier alpha value is -3.07. The Labute approximate surface area is 147 Å². The van der Waals surface area contributed by atoms with Crippen LogP contribution in [0.15, 0.2) is 66.7 Å². The Morgan fingerprint density at radius 3 is 2.44 bits per heavy atom. The molecule has 126 valence electrons. The SMILES string of the molecule is CCCOc1ccc(/C=C(\C(=O)O)c2cccc3ccccc23)cc1. The molecule has 0 aliphatic rings. The van der Waals surface area contributed by atoms with Gasteiger partial charge >= 0.3 is 5.97 Å². The first-order valence-electron chi connectivity index (χ1n) is 8.35. The molecular weight excluding hydrogens is 312 g/mol. The summed E-state index contributed by atoms with van der Waals surface area (Å²) in [6, 6.07) is 21.0. The van der Waals surface area contributed by atoms with Crippen molar-refractivity contribution >= 4 is 28.4 Å². The molecule has 3 heteroatoms. The summed E-state index contributed by atoms with van der Waals surface area (Å²) in [5.74, 6) is -0.149. The van der Waals surface area contributed by atoms with E-state index in [1.54, 1.807) is 6.08 Å². The van der Waals surface area contributed by atoms with Crippen molar-refractivity contribution in [3.8, 4) is 5.75 Å². The smallest absolute Gasteiger partial charge is 0.336 e. The number of hydrogen-bond acceptors (Lipinski definition) is 2. The summed E-state index contributed by atoms with van der Waals surface area (Å²) >= 11 is 0. The second-order valence-electron chi connectivity index (χ2n) is 5.81. The third-order valence-electron chi connectivity index (χ3n) is 3.97. The second-order valence-corrected chi connectivity index (χ2v) is 5.81. The molecule has 0 unspecified atom stereocenters. The zero-order valence-electron chi connectivity index (χ0n) is 14.1. The van der Waals surface area contributed by atoms with Gasteiger partial charge in [0, 0.05) is 0 Å². The molecule has 0 aromatic heterocycles. The van der Waals surface area contributed by atoms with E-state index in [0.29, 0.717) is 6.61 Å². The van der Waals surface area contributed by atoms with E-state index in [1.165, 1.54) is 0 Å². The highest BCUT2D eigenvalue weighted by atomic mass is 16.5. The number of ether oxygens (including phenoxy) is 1. The van der Waals surface area contributed by atoms with Gasteiger partial charge in [0.25, 0.3) is 0 Å². The molecule has 3 rings (SSSR count). The van der Waals surface area contributed by atoms with Crippen molar-refractivity contribution in [2.45, 2.75) is 13.3 Å². The van der Waals surface area contributed by atoms with Crippen molar-refractivity contribution in [2.24, 2.45) is 0 Å². The van der Waals surface area contributed by atoms with Crippen LogP contribution < -0.4 is 4.74 Å².